The van der Waals surface area contributed by atoms with Crippen molar-refractivity contribution >= 4 is 44.1 Å². The van der Waals surface area contributed by atoms with E-state index in [1.54, 1.807) is 35.3 Å². The third-order valence-corrected chi connectivity index (χ3v) is 8.27. The average Bonchev–Trinajstić information content (AvgIpc) is 3.52. The van der Waals surface area contributed by atoms with Crippen LogP contribution in [-0.4, -0.2) is 27.6 Å². The Labute approximate surface area is 257 Å². The predicted octanol–water partition coefficient (Wildman–Crippen LogP) is 5.93. The molecule has 1 atom stereocenters. The number of nitrogens with zero attached hydrogens (tertiary/aromatic N) is 2. The number of fused-ring (bicyclic) bond motifs is 2. The minimum Gasteiger partial charge on any atom is -0.771 e. The maximum Gasteiger partial charge on any atom is 0.375 e. The van der Waals surface area contributed by atoms with E-state index >= 15 is 0 Å². The van der Waals surface area contributed by atoms with Crippen LogP contribution in [0.4, 0.5) is 5.69 Å². The van der Waals surface area contributed by atoms with Crippen LogP contribution in [0.15, 0.2) is 119 Å². The third kappa shape index (κ3) is 6.36. The molecule has 0 spiro atoms. The molecule has 0 fully saturated rings. The Morgan fingerprint density at radius 3 is 2.16 bits per heavy atom. The van der Waals surface area contributed by atoms with E-state index in [9.17, 15) is 21.7 Å². The number of oxazole rings is 1. The molecule has 11 heteroatoms. The first-order valence-corrected chi connectivity index (χ1v) is 16.6. The first-order valence-electron chi connectivity index (χ1n) is 13.8. The maximum absolute atomic E-state index is 11.9. The van der Waals surface area contributed by atoms with Gasteiger partial charge in [0.25, 0.3) is 5.52 Å². The molecular formula is C33H27N2O7S2-. The summed E-state index contributed by atoms with van der Waals surface area (Å²) in [5.74, 6) is -0.230. The van der Waals surface area contributed by atoms with Gasteiger partial charge in [0.05, 0.1) is 17.6 Å². The number of ether oxygens (including phenoxy) is 1. The van der Waals surface area contributed by atoms with E-state index in [1.807, 2.05) is 85.8 Å². The number of hydrogen-bond acceptors (Lipinski definition) is 8. The van der Waals surface area contributed by atoms with Gasteiger partial charge in [0.2, 0.25) is 17.3 Å². The molecule has 1 unspecified atom stereocenters. The Balaban J connectivity index is 1.42. The van der Waals surface area contributed by atoms with Gasteiger partial charge in [-0.25, -0.2) is 8.42 Å². The highest BCUT2D eigenvalue weighted by Gasteiger charge is 2.28. The first-order chi connectivity index (χ1) is 21.2. The lowest BCUT2D eigenvalue weighted by molar-refractivity contribution is -0.658. The molecule has 44 heavy (non-hydrogen) atoms. The van der Waals surface area contributed by atoms with Gasteiger partial charge in [-0.3, -0.25) is 9.11 Å². The van der Waals surface area contributed by atoms with Crippen LogP contribution in [0.3, 0.4) is 0 Å². The number of hydrogen-bond donors (Lipinski definition) is 0. The molecule has 6 rings (SSSR count). The molecule has 9 nitrogen and oxygen atoms in total. The second-order valence-electron chi connectivity index (χ2n) is 10.2. The molecule has 1 aromatic heterocycles. The number of allylic oxidation sites excluding steroid dienone is 2. The monoisotopic (exact) mass is 627 g/mol. The van der Waals surface area contributed by atoms with Crippen molar-refractivity contribution < 1.29 is 35.5 Å². The standard InChI is InChI=1S/C33H28N2O7S2/c1-2-23(17-32-34(21-43(36)37)28-19-26(13-15-30(28)41-32)24-9-5-3-6-10-24)18-33-35(22-44(38,39)40)29-20-27(14-16-31(29)42-33)25-11-7-4-8-12-25/h3-20H,2,21-22H2,1H3,(H-,36,37,38,39,40)/p-1. The van der Waals surface area contributed by atoms with Crippen LogP contribution in [-0.2, 0) is 27.1 Å². The topological polar surface area (TPSA) is 127 Å². The molecule has 4 aromatic carbocycles. The summed E-state index contributed by atoms with van der Waals surface area (Å²) in [4.78, 5) is 1.56. The van der Waals surface area contributed by atoms with Crippen molar-refractivity contribution in [2.24, 2.45) is 0 Å². The molecule has 0 amide bonds. The van der Waals surface area contributed by atoms with Crippen LogP contribution in [0.5, 0.6) is 5.75 Å². The molecule has 0 saturated carbocycles. The summed E-state index contributed by atoms with van der Waals surface area (Å²) in [7, 11) is -4.68. The van der Waals surface area contributed by atoms with Crippen LogP contribution in [0, 0.1) is 0 Å². The summed E-state index contributed by atoms with van der Waals surface area (Å²) in [6.45, 7) is 1.89. The predicted molar refractivity (Wildman–Crippen MR) is 167 cm³/mol. The molecule has 0 bridgehead atoms. The van der Waals surface area contributed by atoms with Crippen molar-refractivity contribution in [2.45, 2.75) is 19.2 Å². The van der Waals surface area contributed by atoms with Crippen LogP contribution in [0.2, 0.25) is 0 Å². The van der Waals surface area contributed by atoms with Crippen LogP contribution in [0.25, 0.3) is 39.4 Å². The van der Waals surface area contributed by atoms with Gasteiger partial charge in [-0.2, -0.15) is 0 Å². The molecule has 0 N–H and O–H groups in total. The van der Waals surface area contributed by atoms with Gasteiger partial charge in [0.15, 0.2) is 15.9 Å². The van der Waals surface area contributed by atoms with Gasteiger partial charge in [-0.05, 0) is 63.5 Å². The second-order valence-corrected chi connectivity index (χ2v) is 12.4. The molecule has 1 aliphatic heterocycles. The Morgan fingerprint density at radius 2 is 1.55 bits per heavy atom. The number of benzene rings is 4. The fourth-order valence-corrected chi connectivity index (χ4v) is 6.19. The van der Waals surface area contributed by atoms with Crippen molar-refractivity contribution in [3.8, 4) is 28.0 Å². The number of anilines is 1. The van der Waals surface area contributed by atoms with Gasteiger partial charge in [-0.1, -0.05) is 79.7 Å². The van der Waals surface area contributed by atoms with Crippen molar-refractivity contribution in [3.05, 3.63) is 120 Å². The van der Waals surface area contributed by atoms with E-state index < -0.39 is 27.1 Å². The molecule has 224 valence electrons. The van der Waals surface area contributed by atoms with Crippen molar-refractivity contribution in [2.75, 3.05) is 10.8 Å². The van der Waals surface area contributed by atoms with E-state index in [1.165, 1.54) is 4.57 Å². The zero-order chi connectivity index (χ0) is 30.8. The van der Waals surface area contributed by atoms with E-state index in [0.29, 0.717) is 34.5 Å². The van der Waals surface area contributed by atoms with Gasteiger partial charge in [0.1, 0.15) is 0 Å². The van der Waals surface area contributed by atoms with Crippen molar-refractivity contribution in [1.82, 2.24) is 0 Å². The lowest BCUT2D eigenvalue weighted by atomic mass is 10.0. The Morgan fingerprint density at radius 1 is 0.909 bits per heavy atom. The smallest absolute Gasteiger partial charge is 0.375 e. The first kappa shape index (κ1) is 29.5. The molecule has 0 aliphatic carbocycles. The zero-order valence-electron chi connectivity index (χ0n) is 23.6. The lowest BCUT2D eigenvalue weighted by Crippen LogP contribution is -2.39. The van der Waals surface area contributed by atoms with Crippen molar-refractivity contribution in [3.63, 3.8) is 0 Å². The molecule has 0 saturated heterocycles. The Hall–Kier alpha value is -4.55. The molecule has 2 heterocycles. The van der Waals surface area contributed by atoms with Crippen LogP contribution >= 0.6 is 0 Å². The van der Waals surface area contributed by atoms with E-state index in [0.717, 1.165) is 22.3 Å². The van der Waals surface area contributed by atoms with Gasteiger partial charge >= 0.3 is 5.89 Å². The maximum atomic E-state index is 11.9. The molecule has 5 aromatic rings. The average molecular weight is 628 g/mol. The molecule has 0 radical (unpaired) electrons. The summed E-state index contributed by atoms with van der Waals surface area (Å²) in [5.41, 5.74) is 5.73. The normalized spacial score (nSPS) is 15.0. The number of aromatic nitrogens is 1. The van der Waals surface area contributed by atoms with Crippen LogP contribution in [0.1, 0.15) is 19.2 Å². The summed E-state index contributed by atoms with van der Waals surface area (Å²) in [5, 5.41) is 0. The molecular weight excluding hydrogens is 601 g/mol. The summed E-state index contributed by atoms with van der Waals surface area (Å²) >= 11 is -2.42. The van der Waals surface area contributed by atoms with Gasteiger partial charge in [0, 0.05) is 12.1 Å². The van der Waals surface area contributed by atoms with Gasteiger partial charge in [-0.15, -0.1) is 4.57 Å². The minimum absolute atomic E-state index is 0.152. The van der Waals surface area contributed by atoms with E-state index in [2.05, 4.69) is 0 Å². The highest BCUT2D eigenvalue weighted by molar-refractivity contribution is 7.84. The lowest BCUT2D eigenvalue weighted by Gasteiger charge is -2.20. The minimum atomic E-state index is -4.68. The highest BCUT2D eigenvalue weighted by atomic mass is 32.2. The second kappa shape index (κ2) is 12.2. The molecule has 1 aliphatic rings. The van der Waals surface area contributed by atoms with Gasteiger partial charge < -0.3 is 18.3 Å². The third-order valence-electron chi connectivity index (χ3n) is 7.22. The zero-order valence-corrected chi connectivity index (χ0v) is 25.2. The summed E-state index contributed by atoms with van der Waals surface area (Å²) in [6.07, 6.45) is 3.78. The largest absolute Gasteiger partial charge is 0.771 e. The Kier molecular flexibility index (Phi) is 8.19. The fourth-order valence-electron chi connectivity index (χ4n) is 5.13. The van der Waals surface area contributed by atoms with Crippen LogP contribution < -0.4 is 14.2 Å². The fraction of sp³-hybridized carbons (Fsp3) is 0.121. The quantitative estimate of drug-likeness (QED) is 0.112. The van der Waals surface area contributed by atoms with E-state index in [-0.39, 0.29) is 17.7 Å². The summed E-state index contributed by atoms with van der Waals surface area (Å²) in [6, 6.07) is 30.2. The summed E-state index contributed by atoms with van der Waals surface area (Å²) < 4.78 is 73.1. The highest BCUT2D eigenvalue weighted by Crippen LogP contribution is 2.42. The van der Waals surface area contributed by atoms with E-state index in [4.69, 9.17) is 9.15 Å². The number of rotatable bonds is 9. The SMILES string of the molecule is CCC(=C/c1oc2ccc(-c3ccccc3)cc2[n+]1CS(=O)(=O)[O-])/C=C1\Oc2ccc(-c3ccccc3)cc2N1CS(=O)[O-]. The Bertz CT molecular complexity index is 2040. The van der Waals surface area contributed by atoms with Crippen molar-refractivity contribution in [1.29, 1.82) is 0 Å².